The first-order valence-electron chi connectivity index (χ1n) is 23.0. The van der Waals surface area contributed by atoms with E-state index < -0.39 is 0 Å². The zero-order valence-electron chi connectivity index (χ0n) is 37.5. The SMILES string of the molecule is C=C/C=C\C.c1ccc(-c2ccccc2-c2ccc3c(c2)c2ncccc2n3-c2ccc3c(c2)-c2cccc(-n4c5ccc(-c6ccccc6-c6ccccn6)cc5c5ncccc54)c2C3)nc1. The summed E-state index contributed by atoms with van der Waals surface area (Å²) in [5.41, 5.74) is 22.5. The minimum atomic E-state index is 0.839. The fourth-order valence-electron chi connectivity index (χ4n) is 10.2. The number of fused-ring (bicyclic) bond motifs is 9. The molecule has 0 radical (unpaired) electrons. The third-order valence-corrected chi connectivity index (χ3v) is 13.1. The molecule has 0 bridgehead atoms. The zero-order chi connectivity index (χ0) is 45.6. The quantitative estimate of drug-likeness (QED) is 0.150. The second kappa shape index (κ2) is 17.1. The minimum absolute atomic E-state index is 0.839. The molecule has 0 N–H and O–H groups in total. The largest absolute Gasteiger partial charge is 0.308 e. The molecule has 68 heavy (non-hydrogen) atoms. The molecule has 0 amide bonds. The molecule has 12 aromatic rings. The van der Waals surface area contributed by atoms with Crippen LogP contribution in [-0.4, -0.2) is 29.1 Å². The van der Waals surface area contributed by atoms with Gasteiger partial charge in [-0.2, -0.15) is 0 Å². The molecular formula is C62H44N6. The fraction of sp³-hybridized carbons (Fsp3) is 0.0323. The van der Waals surface area contributed by atoms with Crippen LogP contribution in [0.4, 0.5) is 0 Å². The van der Waals surface area contributed by atoms with Crippen LogP contribution >= 0.6 is 0 Å². The molecule has 1 aliphatic rings. The summed E-state index contributed by atoms with van der Waals surface area (Å²) in [7, 11) is 0. The number of nitrogens with zero attached hydrogens (tertiary/aromatic N) is 6. The van der Waals surface area contributed by atoms with Gasteiger partial charge in [-0.05, 0) is 142 Å². The van der Waals surface area contributed by atoms with Gasteiger partial charge in [-0.25, -0.2) is 0 Å². The molecule has 6 aromatic carbocycles. The molecule has 0 unspecified atom stereocenters. The Labute approximate surface area is 394 Å². The summed E-state index contributed by atoms with van der Waals surface area (Å²) in [5, 5.41) is 2.24. The molecule has 1 aliphatic carbocycles. The van der Waals surface area contributed by atoms with Gasteiger partial charge in [0.05, 0.1) is 50.2 Å². The Kier molecular flexibility index (Phi) is 10.2. The highest BCUT2D eigenvalue weighted by atomic mass is 15.0. The minimum Gasteiger partial charge on any atom is -0.308 e. The van der Waals surface area contributed by atoms with Gasteiger partial charge < -0.3 is 9.13 Å². The van der Waals surface area contributed by atoms with Crippen LogP contribution < -0.4 is 0 Å². The number of rotatable bonds is 7. The lowest BCUT2D eigenvalue weighted by Crippen LogP contribution is -1.99. The van der Waals surface area contributed by atoms with E-state index >= 15 is 0 Å². The smallest absolute Gasteiger partial charge is 0.0963 e. The summed E-state index contributed by atoms with van der Waals surface area (Å²) in [5.74, 6) is 0. The monoisotopic (exact) mass is 872 g/mol. The third kappa shape index (κ3) is 6.81. The van der Waals surface area contributed by atoms with Gasteiger partial charge >= 0.3 is 0 Å². The van der Waals surface area contributed by atoms with Crippen molar-refractivity contribution < 1.29 is 0 Å². The Hall–Kier alpha value is -9.00. The molecule has 0 spiro atoms. The van der Waals surface area contributed by atoms with Crippen LogP contribution in [0.15, 0.2) is 232 Å². The molecule has 6 aromatic heterocycles. The van der Waals surface area contributed by atoms with E-state index in [1.807, 2.05) is 80.3 Å². The molecule has 6 heterocycles. The van der Waals surface area contributed by atoms with Crippen LogP contribution in [0.25, 0.3) is 111 Å². The summed E-state index contributed by atoms with van der Waals surface area (Å²) >= 11 is 0. The summed E-state index contributed by atoms with van der Waals surface area (Å²) in [4.78, 5) is 19.3. The van der Waals surface area contributed by atoms with Gasteiger partial charge in [0.15, 0.2) is 0 Å². The van der Waals surface area contributed by atoms with Crippen molar-refractivity contribution in [2.45, 2.75) is 13.3 Å². The van der Waals surface area contributed by atoms with Crippen molar-refractivity contribution in [1.29, 1.82) is 0 Å². The first-order chi connectivity index (χ1) is 33.7. The predicted molar refractivity (Wildman–Crippen MR) is 281 cm³/mol. The number of allylic oxidation sites excluding steroid dienone is 3. The van der Waals surface area contributed by atoms with Crippen LogP contribution in [-0.2, 0) is 6.42 Å². The molecular weight excluding hydrogens is 829 g/mol. The highest BCUT2D eigenvalue weighted by Crippen LogP contribution is 2.45. The number of hydrogen-bond acceptors (Lipinski definition) is 4. The van der Waals surface area contributed by atoms with Gasteiger partial charge in [-0.15, -0.1) is 0 Å². The molecule has 0 saturated carbocycles. The second-order valence-corrected chi connectivity index (χ2v) is 17.0. The van der Waals surface area contributed by atoms with Crippen molar-refractivity contribution in [3.8, 4) is 67.3 Å². The number of aromatic nitrogens is 6. The normalized spacial score (nSPS) is 11.8. The molecule has 13 rings (SSSR count). The highest BCUT2D eigenvalue weighted by Gasteiger charge is 2.26. The van der Waals surface area contributed by atoms with Gasteiger partial charge in [0.2, 0.25) is 0 Å². The van der Waals surface area contributed by atoms with Gasteiger partial charge in [0.1, 0.15) is 0 Å². The first-order valence-corrected chi connectivity index (χ1v) is 23.0. The average molecular weight is 873 g/mol. The van der Waals surface area contributed by atoms with Crippen molar-refractivity contribution in [2.24, 2.45) is 0 Å². The summed E-state index contributed by atoms with van der Waals surface area (Å²) in [6.45, 7) is 5.42. The number of hydrogen-bond donors (Lipinski definition) is 0. The molecule has 322 valence electrons. The van der Waals surface area contributed by atoms with E-state index in [0.29, 0.717) is 0 Å². The van der Waals surface area contributed by atoms with Crippen molar-refractivity contribution in [3.63, 3.8) is 0 Å². The van der Waals surface area contributed by atoms with Crippen LogP contribution in [0.3, 0.4) is 0 Å². The fourth-order valence-corrected chi connectivity index (χ4v) is 10.2. The lowest BCUT2D eigenvalue weighted by atomic mass is 9.96. The van der Waals surface area contributed by atoms with E-state index in [4.69, 9.17) is 15.0 Å². The van der Waals surface area contributed by atoms with E-state index in [-0.39, 0.29) is 0 Å². The predicted octanol–water partition coefficient (Wildman–Crippen LogP) is 15.4. The summed E-state index contributed by atoms with van der Waals surface area (Å²) < 4.78 is 4.79. The molecule has 0 aliphatic heterocycles. The van der Waals surface area contributed by atoms with Crippen molar-refractivity contribution in [3.05, 3.63) is 243 Å². The second-order valence-electron chi connectivity index (χ2n) is 17.0. The van der Waals surface area contributed by atoms with E-state index in [9.17, 15) is 0 Å². The van der Waals surface area contributed by atoms with Gasteiger partial charge in [0.25, 0.3) is 0 Å². The van der Waals surface area contributed by atoms with Crippen LogP contribution in [0.2, 0.25) is 0 Å². The van der Waals surface area contributed by atoms with E-state index in [1.165, 1.54) is 27.9 Å². The Balaban J connectivity index is 0.000000915. The van der Waals surface area contributed by atoms with E-state index in [2.05, 4.69) is 166 Å². The molecule has 0 fully saturated rings. The molecule has 0 atom stereocenters. The van der Waals surface area contributed by atoms with E-state index in [1.54, 1.807) is 6.08 Å². The summed E-state index contributed by atoms with van der Waals surface area (Å²) in [6.07, 6.45) is 13.9. The third-order valence-electron chi connectivity index (χ3n) is 13.1. The van der Waals surface area contributed by atoms with Crippen LogP contribution in [0.5, 0.6) is 0 Å². The molecule has 6 nitrogen and oxygen atoms in total. The first kappa shape index (κ1) is 40.5. The summed E-state index contributed by atoms with van der Waals surface area (Å²) in [6, 6.07) is 64.9. The van der Waals surface area contributed by atoms with Crippen molar-refractivity contribution >= 4 is 43.9 Å². The Bertz CT molecular complexity index is 3920. The maximum Gasteiger partial charge on any atom is 0.0963 e. The van der Waals surface area contributed by atoms with Crippen LogP contribution in [0, 0.1) is 0 Å². The van der Waals surface area contributed by atoms with Gasteiger partial charge in [-0.1, -0.05) is 116 Å². The Morgan fingerprint density at radius 1 is 0.441 bits per heavy atom. The van der Waals surface area contributed by atoms with E-state index in [0.717, 1.165) is 101 Å². The highest BCUT2D eigenvalue weighted by molar-refractivity contribution is 6.10. The maximum absolute atomic E-state index is 4.99. The molecule has 0 saturated heterocycles. The van der Waals surface area contributed by atoms with Crippen LogP contribution in [0.1, 0.15) is 18.1 Å². The Morgan fingerprint density at radius 2 is 0.985 bits per heavy atom. The lowest BCUT2D eigenvalue weighted by molar-refractivity contribution is 1.12. The topological polar surface area (TPSA) is 61.4 Å². The van der Waals surface area contributed by atoms with Gasteiger partial charge in [-0.3, -0.25) is 19.9 Å². The van der Waals surface area contributed by atoms with Gasteiger partial charge in [0, 0.05) is 58.8 Å². The standard InChI is InChI=1S/C57H36N6.C5H8/c1-3-14-43(49-17-5-7-28-58-49)40(12-1)36-23-26-52-47(33-36)56-54(20-10-30-60-56)62(52)39-25-22-38-32-46-42(45(38)35-39)16-9-19-51(46)63-53-27-24-37(34-48(53)57-55(63)21-11-31-61-57)41-13-2-4-15-44(41)50-18-6-8-29-59-50;1-3-5-4-2/h1-31,33-35H,32H2;3-5H,1H2,2H3/b;5-4-. The number of benzene rings is 6. The Morgan fingerprint density at radius 3 is 1.54 bits per heavy atom. The van der Waals surface area contributed by atoms with Crippen molar-refractivity contribution in [2.75, 3.05) is 0 Å². The lowest BCUT2D eigenvalue weighted by Gasteiger charge is -2.14. The zero-order valence-corrected chi connectivity index (χ0v) is 37.5. The number of pyridine rings is 4. The van der Waals surface area contributed by atoms with Crippen molar-refractivity contribution in [1.82, 2.24) is 29.1 Å². The maximum atomic E-state index is 4.99. The average Bonchev–Trinajstić information content (AvgIpc) is 4.07. The molecule has 6 heteroatoms.